The van der Waals surface area contributed by atoms with E-state index in [1.807, 2.05) is 51.1 Å². The maximum Gasteiger partial charge on any atom is 0.408 e. The van der Waals surface area contributed by atoms with E-state index in [1.54, 1.807) is 12.1 Å². The number of rotatable bonds is 8. The van der Waals surface area contributed by atoms with Crippen LogP contribution in [0.25, 0.3) is 0 Å². The molecule has 200 valence electrons. The first-order chi connectivity index (χ1) is 18.2. The highest BCUT2D eigenvalue weighted by molar-refractivity contribution is 5.68. The summed E-state index contributed by atoms with van der Waals surface area (Å²) in [6.07, 6.45) is 1.80. The number of nitriles is 1. The van der Waals surface area contributed by atoms with Crippen LogP contribution in [0.2, 0.25) is 0 Å². The third-order valence-corrected chi connectivity index (χ3v) is 6.70. The number of piperidine rings is 1. The zero-order valence-corrected chi connectivity index (χ0v) is 22.1. The minimum atomic E-state index is -0.835. The molecule has 1 saturated heterocycles. The van der Waals surface area contributed by atoms with E-state index in [-0.39, 0.29) is 11.9 Å². The molecule has 0 unspecified atom stereocenters. The number of carbonyl (C=O) groups is 1. The molecular formula is C29H34FN5O3. The van der Waals surface area contributed by atoms with Crippen molar-refractivity contribution in [3.63, 3.8) is 0 Å². The Hall–Kier alpha value is -3.77. The van der Waals surface area contributed by atoms with E-state index in [1.165, 1.54) is 12.1 Å². The van der Waals surface area contributed by atoms with E-state index >= 15 is 0 Å². The average molecular weight is 520 g/mol. The number of likely N-dealkylation sites (tertiary alicyclic amines) is 1. The van der Waals surface area contributed by atoms with Crippen molar-refractivity contribution in [3.8, 4) is 6.07 Å². The fraction of sp³-hybridized carbons (Fsp3) is 0.448. The van der Waals surface area contributed by atoms with Crippen LogP contribution in [-0.2, 0) is 16.6 Å². The van der Waals surface area contributed by atoms with Crippen LogP contribution in [0.5, 0.6) is 0 Å². The van der Waals surface area contributed by atoms with Crippen molar-refractivity contribution in [1.29, 1.82) is 5.26 Å². The summed E-state index contributed by atoms with van der Waals surface area (Å²) < 4.78 is 24.2. The topological polar surface area (TPSA) is 104 Å². The van der Waals surface area contributed by atoms with Crippen LogP contribution in [-0.4, -0.2) is 46.4 Å². The van der Waals surface area contributed by atoms with Crippen LogP contribution in [0.15, 0.2) is 59.1 Å². The number of halogens is 1. The van der Waals surface area contributed by atoms with Gasteiger partial charge in [0.15, 0.2) is 5.82 Å². The largest absolute Gasteiger partial charge is 0.444 e. The molecule has 0 radical (unpaired) electrons. The highest BCUT2D eigenvalue weighted by atomic mass is 19.1. The molecule has 1 aliphatic rings. The third-order valence-electron chi connectivity index (χ3n) is 6.70. The zero-order valence-electron chi connectivity index (χ0n) is 22.1. The van der Waals surface area contributed by atoms with Crippen molar-refractivity contribution in [2.24, 2.45) is 0 Å². The van der Waals surface area contributed by atoms with Gasteiger partial charge in [0, 0.05) is 26.1 Å². The number of nitrogens with zero attached hydrogens (tertiary/aromatic N) is 4. The highest BCUT2D eigenvalue weighted by Gasteiger charge is 2.41. The van der Waals surface area contributed by atoms with Crippen LogP contribution in [0.3, 0.4) is 0 Å². The van der Waals surface area contributed by atoms with Gasteiger partial charge in [0.1, 0.15) is 16.8 Å². The van der Waals surface area contributed by atoms with Crippen LogP contribution >= 0.6 is 0 Å². The molecule has 0 aliphatic carbocycles. The van der Waals surface area contributed by atoms with E-state index in [2.05, 4.69) is 26.4 Å². The van der Waals surface area contributed by atoms with Gasteiger partial charge in [-0.2, -0.15) is 10.2 Å². The number of carbonyl (C=O) groups excluding carboxylic acids is 1. The SMILES string of the molecule is CC(C)(C)OC(=O)N[C@@H](CCN1CCC(C#N)(c2nc(Cc3ccc(F)cc3)no2)CC1)c1ccccc1. The van der Waals surface area contributed by atoms with Gasteiger partial charge in [-0.3, -0.25) is 0 Å². The lowest BCUT2D eigenvalue weighted by molar-refractivity contribution is 0.0495. The number of amides is 1. The molecule has 0 saturated carbocycles. The lowest BCUT2D eigenvalue weighted by atomic mass is 9.79. The van der Waals surface area contributed by atoms with Gasteiger partial charge in [0.25, 0.3) is 0 Å². The summed E-state index contributed by atoms with van der Waals surface area (Å²) in [6, 6.07) is 18.3. The summed E-state index contributed by atoms with van der Waals surface area (Å²) in [7, 11) is 0. The monoisotopic (exact) mass is 519 g/mol. The second-order valence-corrected chi connectivity index (χ2v) is 10.8. The van der Waals surface area contributed by atoms with E-state index in [0.717, 1.165) is 17.7 Å². The predicted octanol–water partition coefficient (Wildman–Crippen LogP) is 5.31. The normalized spacial score (nSPS) is 16.4. The fourth-order valence-electron chi connectivity index (χ4n) is 4.61. The molecule has 1 aromatic heterocycles. The van der Waals surface area contributed by atoms with Crippen LogP contribution in [0.4, 0.5) is 9.18 Å². The molecule has 2 heterocycles. The fourth-order valence-corrected chi connectivity index (χ4v) is 4.61. The van der Waals surface area contributed by atoms with Gasteiger partial charge in [0.05, 0.1) is 12.1 Å². The van der Waals surface area contributed by atoms with Crippen molar-refractivity contribution in [1.82, 2.24) is 20.4 Å². The number of benzene rings is 2. The van der Waals surface area contributed by atoms with Crippen molar-refractivity contribution < 1.29 is 18.4 Å². The molecule has 8 nitrogen and oxygen atoms in total. The Labute approximate surface area is 222 Å². The zero-order chi connectivity index (χ0) is 27.2. The first kappa shape index (κ1) is 27.3. The van der Waals surface area contributed by atoms with Crippen molar-refractivity contribution in [2.75, 3.05) is 19.6 Å². The maximum atomic E-state index is 13.2. The lowest BCUT2D eigenvalue weighted by Gasteiger charge is -2.35. The van der Waals surface area contributed by atoms with Crippen LogP contribution in [0.1, 0.15) is 68.9 Å². The Morgan fingerprint density at radius 3 is 2.50 bits per heavy atom. The highest BCUT2D eigenvalue weighted by Crippen LogP contribution is 2.34. The lowest BCUT2D eigenvalue weighted by Crippen LogP contribution is -2.43. The third kappa shape index (κ3) is 7.17. The van der Waals surface area contributed by atoms with Gasteiger partial charge in [-0.25, -0.2) is 9.18 Å². The number of alkyl carbamates (subject to hydrolysis) is 1. The minimum Gasteiger partial charge on any atom is -0.444 e. The maximum absolute atomic E-state index is 13.2. The molecule has 1 fully saturated rings. The Morgan fingerprint density at radius 2 is 1.87 bits per heavy atom. The molecule has 1 atom stereocenters. The number of hydrogen-bond donors (Lipinski definition) is 1. The molecular weight excluding hydrogens is 485 g/mol. The Bertz CT molecular complexity index is 1240. The van der Waals surface area contributed by atoms with Crippen molar-refractivity contribution in [3.05, 3.63) is 83.3 Å². The molecule has 1 aliphatic heterocycles. The summed E-state index contributed by atoms with van der Waals surface area (Å²) in [4.78, 5) is 19.3. The number of hydrogen-bond acceptors (Lipinski definition) is 7. The van der Waals surface area contributed by atoms with Crippen molar-refractivity contribution in [2.45, 2.75) is 63.5 Å². The van der Waals surface area contributed by atoms with E-state index in [4.69, 9.17) is 9.26 Å². The first-order valence-corrected chi connectivity index (χ1v) is 12.9. The standard InChI is InChI=1S/C29H34FN5O3/c1-28(2,3)37-27(36)32-24(22-7-5-4-6-8-22)13-16-35-17-14-29(20-31,15-18-35)26-33-25(34-38-26)19-21-9-11-23(30)12-10-21/h4-12,24H,13-19H2,1-3H3,(H,32,36)/t24-/m0/s1. The second-order valence-electron chi connectivity index (χ2n) is 10.8. The molecule has 4 rings (SSSR count). The van der Waals surface area contributed by atoms with Gasteiger partial charge in [-0.05, 0) is 63.3 Å². The molecule has 0 bridgehead atoms. The van der Waals surface area contributed by atoms with Gasteiger partial charge in [0.2, 0.25) is 5.89 Å². The quantitative estimate of drug-likeness (QED) is 0.430. The predicted molar refractivity (Wildman–Crippen MR) is 140 cm³/mol. The van der Waals surface area contributed by atoms with Crippen LogP contribution in [0, 0.1) is 17.1 Å². The molecule has 9 heteroatoms. The van der Waals surface area contributed by atoms with Gasteiger partial charge < -0.3 is 19.5 Å². The Morgan fingerprint density at radius 1 is 1.18 bits per heavy atom. The molecule has 38 heavy (non-hydrogen) atoms. The van der Waals surface area contributed by atoms with Crippen LogP contribution < -0.4 is 5.32 Å². The van der Waals surface area contributed by atoms with Crippen molar-refractivity contribution >= 4 is 6.09 Å². The van der Waals surface area contributed by atoms with E-state index < -0.39 is 17.1 Å². The number of aromatic nitrogens is 2. The molecule has 0 spiro atoms. The van der Waals surface area contributed by atoms with Gasteiger partial charge >= 0.3 is 6.09 Å². The first-order valence-electron chi connectivity index (χ1n) is 12.9. The Kier molecular flexibility index (Phi) is 8.42. The molecule has 3 aromatic rings. The smallest absolute Gasteiger partial charge is 0.408 e. The summed E-state index contributed by atoms with van der Waals surface area (Å²) in [5.41, 5.74) is 0.471. The summed E-state index contributed by atoms with van der Waals surface area (Å²) in [5.74, 6) is 0.515. The summed E-state index contributed by atoms with van der Waals surface area (Å²) >= 11 is 0. The number of ether oxygens (including phenoxy) is 1. The summed E-state index contributed by atoms with van der Waals surface area (Å²) in [5, 5.41) is 17.2. The number of nitrogens with one attached hydrogen (secondary N) is 1. The van der Waals surface area contributed by atoms with E-state index in [0.29, 0.717) is 50.5 Å². The van der Waals surface area contributed by atoms with Gasteiger partial charge in [-0.15, -0.1) is 0 Å². The molecule has 1 amide bonds. The summed E-state index contributed by atoms with van der Waals surface area (Å²) in [6.45, 7) is 7.65. The average Bonchev–Trinajstić information content (AvgIpc) is 3.37. The molecule has 2 aromatic carbocycles. The second kappa shape index (κ2) is 11.7. The molecule has 1 N–H and O–H groups in total. The Balaban J connectivity index is 1.35. The van der Waals surface area contributed by atoms with Gasteiger partial charge in [-0.1, -0.05) is 47.6 Å². The minimum absolute atomic E-state index is 0.196. The van der Waals surface area contributed by atoms with E-state index in [9.17, 15) is 14.4 Å².